The lowest BCUT2D eigenvalue weighted by atomic mass is 10.3. The lowest BCUT2D eigenvalue weighted by molar-refractivity contribution is 0.0976. The van der Waals surface area contributed by atoms with Gasteiger partial charge in [0, 0.05) is 19.2 Å². The van der Waals surface area contributed by atoms with Gasteiger partial charge in [0.15, 0.2) is 10.8 Å². The van der Waals surface area contributed by atoms with E-state index in [9.17, 15) is 4.79 Å². The molecule has 9 heteroatoms. The largest absolute Gasteiger partial charge is 0.494 e. The van der Waals surface area contributed by atoms with E-state index in [1.807, 2.05) is 19.0 Å². The number of ether oxygens (including phenoxy) is 1. The van der Waals surface area contributed by atoms with Gasteiger partial charge in [0.25, 0.3) is 5.91 Å². The summed E-state index contributed by atoms with van der Waals surface area (Å²) in [6.45, 7) is 2.87. The highest BCUT2D eigenvalue weighted by molar-refractivity contribution is 7.23. The van der Waals surface area contributed by atoms with E-state index in [2.05, 4.69) is 10.1 Å². The summed E-state index contributed by atoms with van der Waals surface area (Å²) in [5, 5.41) is 4.95. The van der Waals surface area contributed by atoms with Crippen molar-refractivity contribution in [3.8, 4) is 5.75 Å². The van der Waals surface area contributed by atoms with E-state index in [1.165, 1.54) is 11.3 Å². The highest BCUT2D eigenvalue weighted by atomic mass is 35.5. The van der Waals surface area contributed by atoms with Crippen LogP contribution in [-0.2, 0) is 0 Å². The van der Waals surface area contributed by atoms with Gasteiger partial charge in [0.2, 0.25) is 0 Å². The van der Waals surface area contributed by atoms with Crippen LogP contribution in [0.4, 0.5) is 5.13 Å². The predicted octanol–water partition coefficient (Wildman–Crippen LogP) is 3.46. The maximum atomic E-state index is 13.0. The van der Waals surface area contributed by atoms with Crippen molar-refractivity contribution in [2.24, 2.45) is 0 Å². The number of rotatable bonds is 6. The molecular weight excluding hydrogens is 376 g/mol. The Kier molecular flexibility index (Phi) is 5.45. The highest BCUT2D eigenvalue weighted by Crippen LogP contribution is 2.38. The first-order chi connectivity index (χ1) is 12.4. The number of amides is 1. The van der Waals surface area contributed by atoms with Crippen molar-refractivity contribution >= 4 is 44.2 Å². The molecule has 0 aliphatic rings. The van der Waals surface area contributed by atoms with Crippen LogP contribution in [0.25, 0.3) is 10.2 Å². The Morgan fingerprint density at radius 3 is 2.73 bits per heavy atom. The standard InChI is InChI=1S/C17H19ClN4O3S/c1-10-9-12(20-25-10)16(23)22(8-7-21(2)3)17-19-14-13(24-4)6-5-11(18)15(14)26-17/h5-6,9H,7-8H2,1-4H3. The summed E-state index contributed by atoms with van der Waals surface area (Å²) in [4.78, 5) is 21.2. The van der Waals surface area contributed by atoms with Gasteiger partial charge in [-0.2, -0.15) is 0 Å². The summed E-state index contributed by atoms with van der Waals surface area (Å²) in [6.07, 6.45) is 0. The van der Waals surface area contributed by atoms with Crippen molar-refractivity contribution in [1.29, 1.82) is 0 Å². The second-order valence-electron chi connectivity index (χ2n) is 6.01. The first kappa shape index (κ1) is 18.6. The Labute approximate surface area is 160 Å². The number of methoxy groups -OCH3 is 1. The van der Waals surface area contributed by atoms with E-state index in [1.54, 1.807) is 37.1 Å². The first-order valence-electron chi connectivity index (χ1n) is 7.93. The number of anilines is 1. The van der Waals surface area contributed by atoms with Gasteiger partial charge in [0.1, 0.15) is 17.0 Å². The minimum atomic E-state index is -0.266. The Balaban J connectivity index is 2.05. The Bertz CT molecular complexity index is 937. The maximum Gasteiger partial charge on any atom is 0.282 e. The Morgan fingerprint density at radius 1 is 1.35 bits per heavy atom. The summed E-state index contributed by atoms with van der Waals surface area (Å²) in [5.74, 6) is 0.928. The van der Waals surface area contributed by atoms with E-state index in [4.69, 9.17) is 20.9 Å². The average Bonchev–Trinajstić information content (AvgIpc) is 3.22. The molecule has 0 saturated carbocycles. The van der Waals surface area contributed by atoms with E-state index >= 15 is 0 Å². The van der Waals surface area contributed by atoms with Crippen LogP contribution in [0.5, 0.6) is 5.75 Å². The number of carbonyl (C=O) groups is 1. The lowest BCUT2D eigenvalue weighted by Gasteiger charge is -2.20. The monoisotopic (exact) mass is 394 g/mol. The van der Waals surface area contributed by atoms with Gasteiger partial charge in [-0.05, 0) is 33.2 Å². The van der Waals surface area contributed by atoms with Gasteiger partial charge in [-0.25, -0.2) is 4.98 Å². The molecule has 1 amide bonds. The Morgan fingerprint density at radius 2 is 2.12 bits per heavy atom. The molecule has 26 heavy (non-hydrogen) atoms. The third kappa shape index (κ3) is 3.67. The second kappa shape index (κ2) is 7.61. The van der Waals surface area contributed by atoms with Crippen LogP contribution in [0, 0.1) is 6.92 Å². The molecule has 0 atom stereocenters. The molecular formula is C17H19ClN4O3S. The quantitative estimate of drug-likeness (QED) is 0.637. The summed E-state index contributed by atoms with van der Waals surface area (Å²) in [5.41, 5.74) is 0.887. The summed E-state index contributed by atoms with van der Waals surface area (Å²) < 4.78 is 11.2. The molecule has 0 saturated heterocycles. The fourth-order valence-electron chi connectivity index (χ4n) is 2.41. The number of nitrogens with zero attached hydrogens (tertiary/aromatic N) is 4. The lowest BCUT2D eigenvalue weighted by Crippen LogP contribution is -2.36. The van der Waals surface area contributed by atoms with Crippen molar-refractivity contribution in [2.75, 3.05) is 39.2 Å². The molecule has 3 rings (SSSR count). The van der Waals surface area contributed by atoms with Crippen LogP contribution in [0.2, 0.25) is 5.02 Å². The number of aryl methyl sites for hydroxylation is 1. The number of aromatic nitrogens is 2. The molecule has 0 aliphatic heterocycles. The number of thiazole rings is 1. The smallest absolute Gasteiger partial charge is 0.282 e. The van der Waals surface area contributed by atoms with Gasteiger partial charge in [-0.1, -0.05) is 28.1 Å². The van der Waals surface area contributed by atoms with E-state index in [0.717, 1.165) is 4.70 Å². The molecule has 3 aromatic rings. The molecule has 2 aromatic heterocycles. The summed E-state index contributed by atoms with van der Waals surface area (Å²) in [7, 11) is 5.47. The summed E-state index contributed by atoms with van der Waals surface area (Å²) >= 11 is 7.66. The van der Waals surface area contributed by atoms with Gasteiger partial charge >= 0.3 is 0 Å². The number of hydrogen-bond donors (Lipinski definition) is 0. The Hall–Kier alpha value is -2.16. The van der Waals surface area contributed by atoms with E-state index in [-0.39, 0.29) is 11.6 Å². The van der Waals surface area contributed by atoms with Gasteiger partial charge in [-0.3, -0.25) is 9.69 Å². The van der Waals surface area contributed by atoms with Gasteiger partial charge in [-0.15, -0.1) is 0 Å². The zero-order chi connectivity index (χ0) is 18.8. The first-order valence-corrected chi connectivity index (χ1v) is 9.13. The van der Waals surface area contributed by atoms with Crippen LogP contribution in [0.3, 0.4) is 0 Å². The number of benzene rings is 1. The fourth-order valence-corrected chi connectivity index (χ4v) is 3.69. The molecule has 0 fully saturated rings. The minimum absolute atomic E-state index is 0.249. The van der Waals surface area contributed by atoms with Crippen molar-refractivity contribution in [2.45, 2.75) is 6.92 Å². The number of fused-ring (bicyclic) bond motifs is 1. The fraction of sp³-hybridized carbons (Fsp3) is 0.353. The number of likely N-dealkylation sites (N-methyl/N-ethyl adjacent to an activating group) is 1. The van der Waals surface area contributed by atoms with Crippen molar-refractivity contribution in [1.82, 2.24) is 15.0 Å². The average molecular weight is 395 g/mol. The third-order valence-electron chi connectivity index (χ3n) is 3.76. The van der Waals surface area contributed by atoms with Gasteiger partial charge < -0.3 is 14.2 Å². The minimum Gasteiger partial charge on any atom is -0.494 e. The molecule has 1 aromatic carbocycles. The highest BCUT2D eigenvalue weighted by Gasteiger charge is 2.25. The van der Waals surface area contributed by atoms with Crippen LogP contribution in [0.15, 0.2) is 22.7 Å². The summed E-state index contributed by atoms with van der Waals surface area (Å²) in [6, 6.07) is 5.14. The molecule has 0 spiro atoms. The number of hydrogen-bond acceptors (Lipinski definition) is 7. The molecule has 0 bridgehead atoms. The SMILES string of the molecule is COc1ccc(Cl)c2sc(N(CCN(C)C)C(=O)c3cc(C)on3)nc12. The molecule has 138 valence electrons. The van der Waals surface area contributed by atoms with Crippen molar-refractivity contribution in [3.63, 3.8) is 0 Å². The van der Waals surface area contributed by atoms with Crippen LogP contribution < -0.4 is 9.64 Å². The molecule has 0 N–H and O–H groups in total. The van der Waals surface area contributed by atoms with Crippen LogP contribution in [0.1, 0.15) is 16.2 Å². The normalized spacial score (nSPS) is 11.3. The zero-order valence-electron chi connectivity index (χ0n) is 14.9. The topological polar surface area (TPSA) is 71.7 Å². The second-order valence-corrected chi connectivity index (χ2v) is 7.39. The number of carbonyl (C=O) groups excluding carboxylic acids is 1. The molecule has 0 aliphatic carbocycles. The van der Waals surface area contributed by atoms with Crippen molar-refractivity contribution in [3.05, 3.63) is 34.7 Å². The molecule has 0 radical (unpaired) electrons. The van der Waals surface area contributed by atoms with E-state index in [0.29, 0.717) is 40.3 Å². The molecule has 2 heterocycles. The zero-order valence-corrected chi connectivity index (χ0v) is 16.5. The number of halogens is 1. The third-order valence-corrected chi connectivity index (χ3v) is 5.30. The predicted molar refractivity (Wildman–Crippen MR) is 103 cm³/mol. The van der Waals surface area contributed by atoms with Crippen LogP contribution >= 0.6 is 22.9 Å². The van der Waals surface area contributed by atoms with Crippen molar-refractivity contribution < 1.29 is 14.1 Å². The van der Waals surface area contributed by atoms with Gasteiger partial charge in [0.05, 0.1) is 16.8 Å². The molecule has 7 nitrogen and oxygen atoms in total. The van der Waals surface area contributed by atoms with Crippen LogP contribution in [-0.4, -0.2) is 55.2 Å². The molecule has 0 unspecified atom stereocenters. The van der Waals surface area contributed by atoms with E-state index < -0.39 is 0 Å². The maximum absolute atomic E-state index is 13.0.